The molecular weight excluding hydrogens is 182 g/mol. The first kappa shape index (κ1) is 9.79. The Balaban J connectivity index is 1.52. The highest BCUT2D eigenvalue weighted by atomic mass is 35.5. The van der Waals surface area contributed by atoms with Gasteiger partial charge in [0.25, 0.3) is 0 Å². The largest absolute Gasteiger partial charge is 0.315 e. The van der Waals surface area contributed by atoms with Crippen LogP contribution in [0.4, 0.5) is 0 Å². The molecule has 0 amide bonds. The van der Waals surface area contributed by atoms with Gasteiger partial charge in [-0.25, -0.2) is 0 Å². The number of hydrogen-bond acceptors (Lipinski definition) is 1. The van der Waals surface area contributed by atoms with Crippen molar-refractivity contribution in [1.82, 2.24) is 5.32 Å². The van der Waals surface area contributed by atoms with Gasteiger partial charge in [0, 0.05) is 11.9 Å². The van der Waals surface area contributed by atoms with Crippen molar-refractivity contribution >= 4 is 11.6 Å². The summed E-state index contributed by atoms with van der Waals surface area (Å²) in [6, 6.07) is 0. The maximum Gasteiger partial charge on any atom is 0.0488 e. The number of nitrogens with one attached hydrogen (secondary N) is 1. The molecule has 2 rings (SSSR count). The van der Waals surface area contributed by atoms with Gasteiger partial charge in [-0.05, 0) is 44.1 Å². The second-order valence-electron chi connectivity index (χ2n) is 4.66. The van der Waals surface area contributed by atoms with Crippen LogP contribution in [-0.2, 0) is 0 Å². The van der Waals surface area contributed by atoms with Crippen molar-refractivity contribution in [2.75, 3.05) is 13.1 Å². The molecule has 1 atom stereocenters. The second kappa shape index (κ2) is 4.65. The Morgan fingerprint density at radius 2 is 1.85 bits per heavy atom. The van der Waals surface area contributed by atoms with Gasteiger partial charge in [-0.1, -0.05) is 12.8 Å². The third kappa shape index (κ3) is 3.14. The number of alkyl halides is 1. The van der Waals surface area contributed by atoms with E-state index in [1.165, 1.54) is 45.1 Å². The standard InChI is InChI=1S/C11H20ClN/c12-11(10-5-6-10)8-13-7-9-3-1-2-4-9/h9-11,13H,1-8H2. The van der Waals surface area contributed by atoms with E-state index in [2.05, 4.69) is 5.32 Å². The van der Waals surface area contributed by atoms with E-state index < -0.39 is 0 Å². The summed E-state index contributed by atoms with van der Waals surface area (Å²) >= 11 is 6.20. The lowest BCUT2D eigenvalue weighted by atomic mass is 10.1. The molecule has 0 spiro atoms. The van der Waals surface area contributed by atoms with E-state index in [-0.39, 0.29) is 0 Å². The molecule has 0 aromatic rings. The van der Waals surface area contributed by atoms with E-state index >= 15 is 0 Å². The number of rotatable bonds is 5. The van der Waals surface area contributed by atoms with Crippen molar-refractivity contribution in [3.05, 3.63) is 0 Å². The van der Waals surface area contributed by atoms with Crippen LogP contribution < -0.4 is 5.32 Å². The molecule has 2 aliphatic carbocycles. The van der Waals surface area contributed by atoms with Gasteiger partial charge in [0.05, 0.1) is 0 Å². The van der Waals surface area contributed by atoms with E-state index in [1.54, 1.807) is 0 Å². The molecule has 0 saturated heterocycles. The zero-order chi connectivity index (χ0) is 9.10. The lowest BCUT2D eigenvalue weighted by Crippen LogP contribution is -2.28. The second-order valence-corrected chi connectivity index (χ2v) is 5.22. The maximum absolute atomic E-state index is 6.20. The molecule has 76 valence electrons. The predicted molar refractivity (Wildman–Crippen MR) is 57.2 cm³/mol. The lowest BCUT2D eigenvalue weighted by Gasteiger charge is -2.13. The summed E-state index contributed by atoms with van der Waals surface area (Å²) in [5.74, 6) is 1.78. The molecule has 2 aliphatic rings. The van der Waals surface area contributed by atoms with Crippen LogP contribution in [0.25, 0.3) is 0 Å². The van der Waals surface area contributed by atoms with Crippen LogP contribution in [0.1, 0.15) is 38.5 Å². The molecule has 0 bridgehead atoms. The zero-order valence-corrected chi connectivity index (χ0v) is 9.02. The molecule has 1 N–H and O–H groups in total. The monoisotopic (exact) mass is 201 g/mol. The van der Waals surface area contributed by atoms with Crippen LogP contribution in [0.15, 0.2) is 0 Å². The Hall–Kier alpha value is 0.250. The molecule has 1 nitrogen and oxygen atoms in total. The molecule has 1 unspecified atom stereocenters. The van der Waals surface area contributed by atoms with Gasteiger partial charge in [0.15, 0.2) is 0 Å². The predicted octanol–water partition coefficient (Wildman–Crippen LogP) is 2.78. The Morgan fingerprint density at radius 1 is 1.15 bits per heavy atom. The topological polar surface area (TPSA) is 12.0 Å². The molecular formula is C11H20ClN. The van der Waals surface area contributed by atoms with Gasteiger partial charge in [-0.3, -0.25) is 0 Å². The number of hydrogen-bond donors (Lipinski definition) is 1. The van der Waals surface area contributed by atoms with Crippen molar-refractivity contribution in [2.24, 2.45) is 11.8 Å². The smallest absolute Gasteiger partial charge is 0.0488 e. The van der Waals surface area contributed by atoms with Crippen LogP contribution >= 0.6 is 11.6 Å². The fraction of sp³-hybridized carbons (Fsp3) is 1.00. The Kier molecular flexibility index (Phi) is 3.51. The summed E-state index contributed by atoms with van der Waals surface area (Å²) in [7, 11) is 0. The highest BCUT2D eigenvalue weighted by Crippen LogP contribution is 2.35. The Morgan fingerprint density at radius 3 is 2.46 bits per heavy atom. The van der Waals surface area contributed by atoms with Crippen molar-refractivity contribution in [3.8, 4) is 0 Å². The SMILES string of the molecule is ClC(CNCC1CCCC1)C1CC1. The molecule has 0 heterocycles. The first-order valence-electron chi connectivity index (χ1n) is 5.71. The maximum atomic E-state index is 6.20. The normalized spacial score (nSPS) is 26.5. The molecule has 0 aromatic heterocycles. The van der Waals surface area contributed by atoms with Crippen LogP contribution in [0.2, 0.25) is 0 Å². The molecule has 2 heteroatoms. The van der Waals surface area contributed by atoms with Gasteiger partial charge >= 0.3 is 0 Å². The summed E-state index contributed by atoms with van der Waals surface area (Å²) in [5.41, 5.74) is 0. The fourth-order valence-electron chi connectivity index (χ4n) is 2.26. The summed E-state index contributed by atoms with van der Waals surface area (Å²) in [6.07, 6.45) is 8.48. The quantitative estimate of drug-likeness (QED) is 0.675. The Bertz CT molecular complexity index is 148. The van der Waals surface area contributed by atoms with Crippen LogP contribution in [0.3, 0.4) is 0 Å². The van der Waals surface area contributed by atoms with Gasteiger partial charge in [0.1, 0.15) is 0 Å². The highest BCUT2D eigenvalue weighted by Gasteiger charge is 2.29. The van der Waals surface area contributed by atoms with Crippen molar-refractivity contribution in [3.63, 3.8) is 0 Å². The third-order valence-corrected chi connectivity index (χ3v) is 3.89. The third-order valence-electron chi connectivity index (χ3n) is 3.38. The number of halogens is 1. The highest BCUT2D eigenvalue weighted by molar-refractivity contribution is 6.21. The van der Waals surface area contributed by atoms with Crippen LogP contribution in [-0.4, -0.2) is 18.5 Å². The van der Waals surface area contributed by atoms with E-state index in [0.29, 0.717) is 5.38 Å². The zero-order valence-electron chi connectivity index (χ0n) is 8.27. The minimum atomic E-state index is 0.404. The first-order valence-corrected chi connectivity index (χ1v) is 6.14. The lowest BCUT2D eigenvalue weighted by molar-refractivity contribution is 0.481. The molecule has 0 radical (unpaired) electrons. The van der Waals surface area contributed by atoms with Crippen LogP contribution in [0.5, 0.6) is 0 Å². The molecule has 0 aliphatic heterocycles. The van der Waals surface area contributed by atoms with Gasteiger partial charge < -0.3 is 5.32 Å². The summed E-state index contributed by atoms with van der Waals surface area (Å²) < 4.78 is 0. The Labute approximate surface area is 86.2 Å². The summed E-state index contributed by atoms with van der Waals surface area (Å²) in [5, 5.41) is 3.92. The molecule has 0 aromatic carbocycles. The van der Waals surface area contributed by atoms with Gasteiger partial charge in [0.2, 0.25) is 0 Å². The van der Waals surface area contributed by atoms with Crippen molar-refractivity contribution in [1.29, 1.82) is 0 Å². The van der Waals surface area contributed by atoms with Crippen molar-refractivity contribution < 1.29 is 0 Å². The first-order chi connectivity index (χ1) is 6.36. The minimum absolute atomic E-state index is 0.404. The molecule has 13 heavy (non-hydrogen) atoms. The molecule has 2 saturated carbocycles. The fourth-order valence-corrected chi connectivity index (χ4v) is 2.63. The minimum Gasteiger partial charge on any atom is -0.315 e. The van der Waals surface area contributed by atoms with Crippen molar-refractivity contribution in [2.45, 2.75) is 43.9 Å². The van der Waals surface area contributed by atoms with E-state index in [1.807, 2.05) is 0 Å². The average Bonchev–Trinajstić information content (AvgIpc) is 2.86. The molecule has 2 fully saturated rings. The van der Waals surface area contributed by atoms with Crippen LogP contribution in [0, 0.1) is 11.8 Å². The average molecular weight is 202 g/mol. The van der Waals surface area contributed by atoms with Gasteiger partial charge in [-0.2, -0.15) is 0 Å². The summed E-state index contributed by atoms with van der Waals surface area (Å²) in [4.78, 5) is 0. The van der Waals surface area contributed by atoms with Gasteiger partial charge in [-0.15, -0.1) is 11.6 Å². The van der Waals surface area contributed by atoms with E-state index in [0.717, 1.165) is 18.4 Å². The summed E-state index contributed by atoms with van der Waals surface area (Å²) in [6.45, 7) is 2.23. The van der Waals surface area contributed by atoms with E-state index in [4.69, 9.17) is 11.6 Å². The van der Waals surface area contributed by atoms with E-state index in [9.17, 15) is 0 Å².